The van der Waals surface area contributed by atoms with E-state index in [0.717, 1.165) is 12.1 Å². The monoisotopic (exact) mass is 396 g/mol. The van der Waals surface area contributed by atoms with E-state index in [-0.39, 0.29) is 10.8 Å². The Kier molecular flexibility index (Phi) is 4.13. The van der Waals surface area contributed by atoms with Crippen molar-refractivity contribution in [2.24, 2.45) is 0 Å². The van der Waals surface area contributed by atoms with Crippen LogP contribution in [0.2, 0.25) is 0 Å². The van der Waals surface area contributed by atoms with Crippen LogP contribution in [-0.2, 0) is 5.92 Å². The second kappa shape index (κ2) is 5.77. The molecule has 0 unspecified atom stereocenters. The van der Waals surface area contributed by atoms with Gasteiger partial charge in [0.25, 0.3) is 0 Å². The Morgan fingerprint density at radius 3 is 1.33 bits per heavy atom. The average Bonchev–Trinajstić information content (AvgIpc) is 2.58. The Balaban J connectivity index is 2.41. The first-order chi connectivity index (χ1) is 12.3. The Bertz CT molecular complexity index is 949. The van der Waals surface area contributed by atoms with Gasteiger partial charge in [0.1, 0.15) is 0 Å². The van der Waals surface area contributed by atoms with E-state index < -0.39 is 40.3 Å². The summed E-state index contributed by atoms with van der Waals surface area (Å²) in [5.74, 6) is -19.5. The molecule has 0 spiro atoms. The van der Waals surface area contributed by atoms with Gasteiger partial charge in [-0.15, -0.1) is 0 Å². The molecule has 3 aromatic carbocycles. The van der Waals surface area contributed by atoms with Gasteiger partial charge in [-0.25, -0.2) is 0 Å². The van der Waals surface area contributed by atoms with Crippen LogP contribution in [0.1, 0.15) is 5.56 Å². The van der Waals surface area contributed by atoms with Gasteiger partial charge in [-0.05, 0) is 27.6 Å². The maximum atomic E-state index is 14.7. The molecule has 3 rings (SSSR count). The molecule has 0 fully saturated rings. The largest absolute Gasteiger partial charge is 0.460 e. The van der Waals surface area contributed by atoms with Crippen molar-refractivity contribution in [2.45, 2.75) is 23.9 Å². The molecule has 0 aromatic heterocycles. The van der Waals surface area contributed by atoms with Crippen LogP contribution in [0.15, 0.2) is 54.6 Å². The van der Waals surface area contributed by atoms with Gasteiger partial charge in [-0.3, -0.25) is 0 Å². The second-order valence-electron chi connectivity index (χ2n) is 5.91. The van der Waals surface area contributed by atoms with Gasteiger partial charge in [0.05, 0.1) is 0 Å². The summed E-state index contributed by atoms with van der Waals surface area (Å²) < 4.78 is 121. The zero-order chi connectivity index (χ0) is 20.3. The van der Waals surface area contributed by atoms with Crippen LogP contribution in [0.3, 0.4) is 0 Å². The van der Waals surface area contributed by atoms with E-state index in [4.69, 9.17) is 0 Å². The zero-order valence-corrected chi connectivity index (χ0v) is 13.1. The standard InChI is InChI=1S/C18H9F9/c19-15(20,16(21,22)17(23,24)18(25,26)27)14-12-7-3-1-5-10(12)9-11-6-2-4-8-13(11)14/h1-9H. The molecule has 27 heavy (non-hydrogen) atoms. The fraction of sp³-hybridized carbons (Fsp3) is 0.222. The minimum atomic E-state index is -6.94. The fourth-order valence-corrected chi connectivity index (χ4v) is 2.88. The highest BCUT2D eigenvalue weighted by molar-refractivity contribution is 6.03. The Hall–Kier alpha value is -2.45. The summed E-state index contributed by atoms with van der Waals surface area (Å²) in [7, 11) is 0. The van der Waals surface area contributed by atoms with Crippen molar-refractivity contribution in [3.63, 3.8) is 0 Å². The second-order valence-corrected chi connectivity index (χ2v) is 5.91. The summed E-state index contributed by atoms with van der Waals surface area (Å²) >= 11 is 0. The van der Waals surface area contributed by atoms with E-state index in [1.807, 2.05) is 0 Å². The number of hydrogen-bond donors (Lipinski definition) is 0. The van der Waals surface area contributed by atoms with Crippen LogP contribution < -0.4 is 0 Å². The number of alkyl halides is 9. The number of fused-ring (bicyclic) bond motifs is 2. The molecule has 9 heteroatoms. The molecule has 0 aliphatic carbocycles. The third kappa shape index (κ3) is 2.62. The minimum Gasteiger partial charge on any atom is -0.194 e. The SMILES string of the molecule is FC(F)(F)C(F)(F)C(F)(F)C(F)(F)c1c2ccccc2cc2ccccc12. The summed E-state index contributed by atoms with van der Waals surface area (Å²) in [4.78, 5) is 0. The van der Waals surface area contributed by atoms with Crippen molar-refractivity contribution >= 4 is 21.5 Å². The molecule has 0 saturated carbocycles. The molecule has 3 aromatic rings. The van der Waals surface area contributed by atoms with Gasteiger partial charge in [0.15, 0.2) is 0 Å². The minimum absolute atomic E-state index is 0.00278. The number of hydrogen-bond acceptors (Lipinski definition) is 0. The van der Waals surface area contributed by atoms with Gasteiger partial charge < -0.3 is 0 Å². The van der Waals surface area contributed by atoms with E-state index in [2.05, 4.69) is 0 Å². The van der Waals surface area contributed by atoms with Crippen LogP contribution in [-0.4, -0.2) is 18.0 Å². The Labute approximate surface area is 146 Å². The maximum absolute atomic E-state index is 14.7. The lowest BCUT2D eigenvalue weighted by molar-refractivity contribution is -0.399. The van der Waals surface area contributed by atoms with Crippen LogP contribution in [0.5, 0.6) is 0 Å². The van der Waals surface area contributed by atoms with Gasteiger partial charge in [-0.1, -0.05) is 48.5 Å². The first-order valence-electron chi connectivity index (χ1n) is 7.43. The molecule has 0 saturated heterocycles. The molecule has 0 aliphatic heterocycles. The molecular formula is C18H9F9. The summed E-state index contributed by atoms with van der Waals surface area (Å²) in [6, 6.07) is 11.0. The lowest BCUT2D eigenvalue weighted by atomic mass is 9.88. The molecule has 0 bridgehead atoms. The number of rotatable bonds is 3. The Morgan fingerprint density at radius 1 is 0.519 bits per heavy atom. The van der Waals surface area contributed by atoms with Crippen LogP contribution in [0.25, 0.3) is 21.5 Å². The molecule has 0 radical (unpaired) electrons. The fourth-order valence-electron chi connectivity index (χ4n) is 2.88. The Morgan fingerprint density at radius 2 is 0.926 bits per heavy atom. The van der Waals surface area contributed by atoms with Crippen molar-refractivity contribution in [1.82, 2.24) is 0 Å². The summed E-state index contributed by atoms with van der Waals surface area (Å²) in [5, 5.41) is -1.09. The van der Waals surface area contributed by atoms with Crippen LogP contribution in [0.4, 0.5) is 39.5 Å². The third-order valence-electron chi connectivity index (χ3n) is 4.23. The van der Waals surface area contributed by atoms with Gasteiger partial charge >= 0.3 is 23.9 Å². The highest BCUT2D eigenvalue weighted by Crippen LogP contribution is 2.58. The quantitative estimate of drug-likeness (QED) is 0.333. The predicted molar refractivity (Wildman–Crippen MR) is 81.3 cm³/mol. The molecule has 0 nitrogen and oxygen atoms in total. The maximum Gasteiger partial charge on any atom is 0.460 e. The van der Waals surface area contributed by atoms with Gasteiger partial charge in [-0.2, -0.15) is 39.5 Å². The molecular weight excluding hydrogens is 387 g/mol. The van der Waals surface area contributed by atoms with Crippen molar-refractivity contribution < 1.29 is 39.5 Å². The molecule has 0 N–H and O–H groups in total. The molecule has 0 heterocycles. The predicted octanol–water partition coefficient (Wildman–Crippen LogP) is 6.92. The smallest absolute Gasteiger partial charge is 0.194 e. The van der Waals surface area contributed by atoms with E-state index in [0.29, 0.717) is 0 Å². The summed E-state index contributed by atoms with van der Waals surface area (Å²) in [6.07, 6.45) is -6.86. The van der Waals surface area contributed by atoms with Crippen LogP contribution >= 0.6 is 0 Å². The highest BCUT2D eigenvalue weighted by atomic mass is 19.4. The first-order valence-corrected chi connectivity index (χ1v) is 7.43. The third-order valence-corrected chi connectivity index (χ3v) is 4.23. The van der Waals surface area contributed by atoms with Crippen molar-refractivity contribution in [2.75, 3.05) is 0 Å². The number of benzene rings is 3. The van der Waals surface area contributed by atoms with E-state index in [1.54, 1.807) is 0 Å². The highest BCUT2D eigenvalue weighted by Gasteiger charge is 2.82. The normalized spacial score (nSPS) is 14.1. The summed E-state index contributed by atoms with van der Waals surface area (Å²) in [5.41, 5.74) is -1.58. The first kappa shape index (κ1) is 19.3. The van der Waals surface area contributed by atoms with E-state index in [1.165, 1.54) is 42.5 Å². The van der Waals surface area contributed by atoms with E-state index in [9.17, 15) is 39.5 Å². The molecule has 144 valence electrons. The van der Waals surface area contributed by atoms with E-state index >= 15 is 0 Å². The van der Waals surface area contributed by atoms with Crippen molar-refractivity contribution in [1.29, 1.82) is 0 Å². The van der Waals surface area contributed by atoms with Crippen molar-refractivity contribution in [3.8, 4) is 0 Å². The lowest BCUT2D eigenvalue weighted by Gasteiger charge is -2.34. The van der Waals surface area contributed by atoms with Gasteiger partial charge in [0.2, 0.25) is 0 Å². The molecule has 0 atom stereocenters. The zero-order valence-electron chi connectivity index (χ0n) is 13.1. The lowest BCUT2D eigenvalue weighted by Crippen LogP contribution is -2.59. The van der Waals surface area contributed by atoms with Gasteiger partial charge in [0, 0.05) is 5.56 Å². The average molecular weight is 396 g/mol. The molecule has 0 aliphatic rings. The molecule has 0 amide bonds. The van der Waals surface area contributed by atoms with Crippen LogP contribution in [0, 0.1) is 0 Å². The topological polar surface area (TPSA) is 0 Å². The number of halogens is 9. The van der Waals surface area contributed by atoms with Crippen molar-refractivity contribution in [3.05, 3.63) is 60.2 Å². The summed E-state index contributed by atoms with van der Waals surface area (Å²) in [6.45, 7) is 0.